The summed E-state index contributed by atoms with van der Waals surface area (Å²) in [5.41, 5.74) is 2.07. The highest BCUT2D eigenvalue weighted by atomic mass is 16.2. The number of anilines is 1. The summed E-state index contributed by atoms with van der Waals surface area (Å²) in [5, 5.41) is 3.71. The van der Waals surface area contributed by atoms with Crippen molar-refractivity contribution in [1.29, 1.82) is 0 Å². The van der Waals surface area contributed by atoms with E-state index in [0.717, 1.165) is 17.3 Å². The summed E-state index contributed by atoms with van der Waals surface area (Å²) >= 11 is 0. The zero-order valence-corrected chi connectivity index (χ0v) is 11.4. The first kappa shape index (κ1) is 12.7. The molecular formula is C15H17N3O2. The van der Waals surface area contributed by atoms with E-state index in [1.54, 1.807) is 4.90 Å². The Kier molecular flexibility index (Phi) is 3.18. The van der Waals surface area contributed by atoms with Crippen molar-refractivity contribution in [3.63, 3.8) is 0 Å². The third kappa shape index (κ3) is 1.95. The van der Waals surface area contributed by atoms with Crippen molar-refractivity contribution in [3.05, 3.63) is 30.0 Å². The summed E-state index contributed by atoms with van der Waals surface area (Å²) in [6.07, 6.45) is 1.39. The molecule has 0 spiro atoms. The molecule has 0 aliphatic carbocycles. The molecule has 1 aliphatic rings. The molecule has 1 aliphatic heterocycles. The second-order valence-electron chi connectivity index (χ2n) is 4.90. The highest BCUT2D eigenvalue weighted by Crippen LogP contribution is 2.33. The van der Waals surface area contributed by atoms with E-state index in [-0.39, 0.29) is 11.8 Å². The predicted molar refractivity (Wildman–Crippen MR) is 77.9 cm³/mol. The maximum absolute atomic E-state index is 12.2. The van der Waals surface area contributed by atoms with Gasteiger partial charge in [0.05, 0.1) is 5.69 Å². The number of H-pyrrole nitrogens is 1. The number of rotatable bonds is 3. The summed E-state index contributed by atoms with van der Waals surface area (Å²) < 4.78 is 0. The minimum atomic E-state index is -0.168. The van der Waals surface area contributed by atoms with E-state index in [9.17, 15) is 9.59 Å². The largest absolute Gasteiger partial charge is 0.351 e. The maximum atomic E-state index is 12.2. The molecule has 3 rings (SSSR count). The quantitative estimate of drug-likeness (QED) is 0.897. The molecule has 1 aromatic heterocycles. The lowest BCUT2D eigenvalue weighted by Gasteiger charge is -2.16. The van der Waals surface area contributed by atoms with Gasteiger partial charge in [0.2, 0.25) is 5.91 Å². The van der Waals surface area contributed by atoms with E-state index in [1.165, 1.54) is 0 Å². The van der Waals surface area contributed by atoms with Crippen molar-refractivity contribution in [1.82, 2.24) is 10.3 Å². The van der Waals surface area contributed by atoms with Gasteiger partial charge in [-0.25, -0.2) is 0 Å². The number of hydrogen-bond acceptors (Lipinski definition) is 2. The summed E-state index contributed by atoms with van der Waals surface area (Å²) in [6.45, 7) is 3.11. The summed E-state index contributed by atoms with van der Waals surface area (Å²) in [5.74, 6) is -0.0845. The van der Waals surface area contributed by atoms with Crippen molar-refractivity contribution < 1.29 is 9.59 Å². The first-order valence-corrected chi connectivity index (χ1v) is 6.91. The van der Waals surface area contributed by atoms with Crippen molar-refractivity contribution in [2.45, 2.75) is 19.8 Å². The van der Waals surface area contributed by atoms with Crippen LogP contribution in [0.5, 0.6) is 0 Å². The van der Waals surface area contributed by atoms with Crippen LogP contribution in [-0.2, 0) is 4.79 Å². The Morgan fingerprint density at radius 1 is 1.40 bits per heavy atom. The smallest absolute Gasteiger partial charge is 0.269 e. The van der Waals surface area contributed by atoms with Gasteiger partial charge in [0.1, 0.15) is 5.69 Å². The van der Waals surface area contributed by atoms with Crippen LogP contribution in [0.25, 0.3) is 10.9 Å². The van der Waals surface area contributed by atoms with Crippen molar-refractivity contribution in [2.75, 3.05) is 18.0 Å². The van der Waals surface area contributed by atoms with Gasteiger partial charge in [0.15, 0.2) is 0 Å². The standard InChI is InChI=1S/C15H17N3O2/c1-2-16-15(20)13-14(18-9-5-8-12(18)19)10-6-3-4-7-11(10)17-13/h3-4,6-7,17H,2,5,8-9H2,1H3,(H,16,20). The summed E-state index contributed by atoms with van der Waals surface area (Å²) in [6, 6.07) is 7.69. The lowest BCUT2D eigenvalue weighted by atomic mass is 10.2. The summed E-state index contributed by atoms with van der Waals surface area (Å²) in [4.78, 5) is 29.1. The minimum absolute atomic E-state index is 0.0836. The number of nitrogens with zero attached hydrogens (tertiary/aromatic N) is 1. The normalized spacial score (nSPS) is 15.1. The molecule has 1 saturated heterocycles. The molecule has 1 fully saturated rings. The highest BCUT2D eigenvalue weighted by Gasteiger charge is 2.29. The third-order valence-corrected chi connectivity index (χ3v) is 3.59. The average Bonchev–Trinajstić information content (AvgIpc) is 3.02. The summed E-state index contributed by atoms with van der Waals surface area (Å²) in [7, 11) is 0. The molecule has 0 bridgehead atoms. The second kappa shape index (κ2) is 5.00. The van der Waals surface area contributed by atoms with E-state index in [0.29, 0.717) is 30.9 Å². The lowest BCUT2D eigenvalue weighted by Crippen LogP contribution is -2.29. The van der Waals surface area contributed by atoms with Crippen molar-refractivity contribution >= 4 is 28.4 Å². The van der Waals surface area contributed by atoms with Crippen LogP contribution < -0.4 is 10.2 Å². The number of carbonyl (C=O) groups is 2. The zero-order chi connectivity index (χ0) is 14.1. The van der Waals surface area contributed by atoms with Crippen LogP contribution in [0, 0.1) is 0 Å². The molecule has 0 saturated carbocycles. The highest BCUT2D eigenvalue weighted by molar-refractivity contribution is 6.13. The van der Waals surface area contributed by atoms with Gasteiger partial charge in [0.25, 0.3) is 5.91 Å². The van der Waals surface area contributed by atoms with Crippen LogP contribution in [0.2, 0.25) is 0 Å². The molecule has 2 N–H and O–H groups in total. The number of nitrogens with one attached hydrogen (secondary N) is 2. The molecule has 2 amide bonds. The van der Waals surface area contributed by atoms with Gasteiger partial charge in [0, 0.05) is 30.4 Å². The van der Waals surface area contributed by atoms with Crippen molar-refractivity contribution in [2.24, 2.45) is 0 Å². The molecule has 5 nitrogen and oxygen atoms in total. The molecule has 5 heteroatoms. The fourth-order valence-corrected chi connectivity index (χ4v) is 2.71. The van der Waals surface area contributed by atoms with Gasteiger partial charge in [-0.15, -0.1) is 0 Å². The molecule has 20 heavy (non-hydrogen) atoms. The number of fused-ring (bicyclic) bond motifs is 1. The van der Waals surface area contributed by atoms with Crippen LogP contribution in [0.3, 0.4) is 0 Å². The molecule has 0 radical (unpaired) electrons. The lowest BCUT2D eigenvalue weighted by molar-refractivity contribution is -0.117. The van der Waals surface area contributed by atoms with Gasteiger partial charge in [-0.3, -0.25) is 9.59 Å². The van der Waals surface area contributed by atoms with E-state index >= 15 is 0 Å². The number of para-hydroxylation sites is 1. The molecular weight excluding hydrogens is 254 g/mol. The number of aromatic amines is 1. The topological polar surface area (TPSA) is 65.2 Å². The molecule has 1 aromatic carbocycles. The first-order chi connectivity index (χ1) is 9.72. The number of carbonyl (C=O) groups excluding carboxylic acids is 2. The first-order valence-electron chi connectivity index (χ1n) is 6.91. The van der Waals surface area contributed by atoms with Gasteiger partial charge in [-0.05, 0) is 19.4 Å². The fourth-order valence-electron chi connectivity index (χ4n) is 2.71. The van der Waals surface area contributed by atoms with Crippen LogP contribution in [0.4, 0.5) is 5.69 Å². The van der Waals surface area contributed by atoms with Crippen LogP contribution in [-0.4, -0.2) is 29.9 Å². The van der Waals surface area contributed by atoms with E-state index < -0.39 is 0 Å². The van der Waals surface area contributed by atoms with Gasteiger partial charge in [-0.2, -0.15) is 0 Å². The number of benzene rings is 1. The van der Waals surface area contributed by atoms with Crippen LogP contribution in [0.15, 0.2) is 24.3 Å². The van der Waals surface area contributed by atoms with E-state index in [4.69, 9.17) is 0 Å². The Labute approximate surface area is 117 Å². The Bertz CT molecular complexity index is 675. The number of hydrogen-bond donors (Lipinski definition) is 2. The third-order valence-electron chi connectivity index (χ3n) is 3.59. The molecule has 2 heterocycles. The monoisotopic (exact) mass is 271 g/mol. The van der Waals surface area contributed by atoms with Crippen LogP contribution in [0.1, 0.15) is 30.3 Å². The van der Waals surface area contributed by atoms with Crippen molar-refractivity contribution in [3.8, 4) is 0 Å². The second-order valence-corrected chi connectivity index (χ2v) is 4.90. The molecule has 2 aromatic rings. The average molecular weight is 271 g/mol. The SMILES string of the molecule is CCNC(=O)c1[nH]c2ccccc2c1N1CCCC1=O. The Balaban J connectivity index is 2.17. The Morgan fingerprint density at radius 3 is 2.90 bits per heavy atom. The Morgan fingerprint density at radius 2 is 2.20 bits per heavy atom. The molecule has 0 unspecified atom stereocenters. The zero-order valence-electron chi connectivity index (χ0n) is 11.4. The molecule has 104 valence electrons. The van der Waals surface area contributed by atoms with E-state index in [2.05, 4.69) is 10.3 Å². The van der Waals surface area contributed by atoms with Gasteiger partial charge >= 0.3 is 0 Å². The fraction of sp³-hybridized carbons (Fsp3) is 0.333. The minimum Gasteiger partial charge on any atom is -0.351 e. The number of amides is 2. The molecule has 0 atom stereocenters. The van der Waals surface area contributed by atoms with E-state index in [1.807, 2.05) is 31.2 Å². The van der Waals surface area contributed by atoms with Gasteiger partial charge in [-0.1, -0.05) is 18.2 Å². The van der Waals surface area contributed by atoms with Gasteiger partial charge < -0.3 is 15.2 Å². The maximum Gasteiger partial charge on any atom is 0.269 e. The number of aromatic nitrogens is 1. The Hall–Kier alpha value is -2.30. The predicted octanol–water partition coefficient (Wildman–Crippen LogP) is 2.04. The van der Waals surface area contributed by atoms with Crippen LogP contribution >= 0.6 is 0 Å².